The van der Waals surface area contributed by atoms with Gasteiger partial charge in [0, 0.05) is 16.6 Å². The quantitative estimate of drug-likeness (QED) is 0.416. The molecule has 0 aliphatic rings. The highest BCUT2D eigenvalue weighted by atomic mass is 32.1. The number of thiazole rings is 1. The zero-order valence-corrected chi connectivity index (χ0v) is 19.4. The maximum Gasteiger partial charge on any atom is 0.412 e. The molecule has 2 aromatic rings. The van der Waals surface area contributed by atoms with Crippen molar-refractivity contribution in [1.29, 1.82) is 0 Å². The molecule has 3 amide bonds. The van der Waals surface area contributed by atoms with Crippen LogP contribution in [-0.2, 0) is 19.1 Å². The lowest BCUT2D eigenvalue weighted by molar-refractivity contribution is -0.137. The molecule has 0 aliphatic carbocycles. The van der Waals surface area contributed by atoms with Gasteiger partial charge in [0.25, 0.3) is 11.8 Å². The molecule has 0 saturated carbocycles. The van der Waals surface area contributed by atoms with Crippen LogP contribution in [-0.4, -0.2) is 41.6 Å². The molecule has 1 aromatic heterocycles. The Kier molecular flexibility index (Phi) is 8.08. The number of nitrogens with one attached hydrogen (secondary N) is 3. The van der Waals surface area contributed by atoms with Gasteiger partial charge < -0.3 is 20.1 Å². The highest BCUT2D eigenvalue weighted by molar-refractivity contribution is 7.13. The number of anilines is 1. The van der Waals surface area contributed by atoms with E-state index in [1.54, 1.807) is 45.0 Å². The Morgan fingerprint density at radius 2 is 1.64 bits per heavy atom. The van der Waals surface area contributed by atoms with E-state index in [4.69, 9.17) is 4.74 Å². The van der Waals surface area contributed by atoms with Crippen molar-refractivity contribution in [3.05, 3.63) is 59.9 Å². The molecule has 0 saturated heterocycles. The minimum atomic E-state index is -0.820. The Bertz CT molecular complexity index is 1100. The molecule has 33 heavy (non-hydrogen) atoms. The van der Waals surface area contributed by atoms with Crippen LogP contribution in [0.3, 0.4) is 0 Å². The van der Waals surface area contributed by atoms with Crippen LogP contribution >= 0.6 is 11.3 Å². The number of carbonyl (C=O) groups excluding carboxylic acids is 4. The lowest BCUT2D eigenvalue weighted by atomic mass is 10.2. The van der Waals surface area contributed by atoms with Crippen LogP contribution in [0.2, 0.25) is 0 Å². The van der Waals surface area contributed by atoms with Crippen LogP contribution in [0.25, 0.3) is 10.6 Å². The zero-order valence-electron chi connectivity index (χ0n) is 18.6. The van der Waals surface area contributed by atoms with Crippen molar-refractivity contribution in [3.63, 3.8) is 0 Å². The number of ether oxygens (including phenoxy) is 2. The molecule has 0 bridgehead atoms. The summed E-state index contributed by atoms with van der Waals surface area (Å²) in [7, 11) is 1.14. The largest absolute Gasteiger partial charge is 0.464 e. The van der Waals surface area contributed by atoms with Crippen LogP contribution in [0.5, 0.6) is 0 Å². The number of hydrogen-bond donors (Lipinski definition) is 3. The summed E-state index contributed by atoms with van der Waals surface area (Å²) in [5.74, 6) is -2.29. The van der Waals surface area contributed by atoms with Gasteiger partial charge in [-0.2, -0.15) is 0 Å². The molecule has 2 rings (SSSR count). The van der Waals surface area contributed by atoms with E-state index in [1.165, 1.54) is 16.7 Å². The number of benzene rings is 1. The molecule has 0 aliphatic heterocycles. The van der Waals surface area contributed by atoms with E-state index in [2.05, 4.69) is 38.8 Å². The SMILES string of the molecule is C=C(NC(=O)c1csc(-c2ccc(NC(=O)OC(C)(C)C)cc2)n1)C(=O)NC(=C)C(=O)OC. The van der Waals surface area contributed by atoms with Crippen molar-refractivity contribution in [3.8, 4) is 10.6 Å². The number of methoxy groups -OCH3 is 1. The number of nitrogens with zero attached hydrogens (tertiary/aromatic N) is 1. The Balaban J connectivity index is 1.98. The van der Waals surface area contributed by atoms with E-state index in [9.17, 15) is 19.2 Å². The maximum atomic E-state index is 12.4. The molecule has 174 valence electrons. The summed E-state index contributed by atoms with van der Waals surface area (Å²) in [4.78, 5) is 51.8. The van der Waals surface area contributed by atoms with E-state index in [0.717, 1.165) is 12.7 Å². The fourth-order valence-corrected chi connectivity index (χ4v) is 3.08. The molecule has 10 nitrogen and oxygen atoms in total. The van der Waals surface area contributed by atoms with Crippen LogP contribution in [0.1, 0.15) is 31.3 Å². The van der Waals surface area contributed by atoms with Gasteiger partial charge in [0.1, 0.15) is 22.0 Å². The number of carbonyl (C=O) groups is 4. The predicted octanol–water partition coefficient (Wildman–Crippen LogP) is 3.20. The number of amides is 3. The molecule has 0 fully saturated rings. The number of esters is 1. The average Bonchev–Trinajstić information content (AvgIpc) is 3.22. The van der Waals surface area contributed by atoms with Gasteiger partial charge in [-0.1, -0.05) is 13.2 Å². The van der Waals surface area contributed by atoms with E-state index in [1.807, 2.05) is 0 Å². The summed E-state index contributed by atoms with van der Waals surface area (Å²) in [5.41, 5.74) is 0.142. The minimum absolute atomic E-state index is 0.0756. The van der Waals surface area contributed by atoms with Gasteiger partial charge in [-0.05, 0) is 45.0 Å². The Labute approximate surface area is 194 Å². The Hall–Kier alpha value is -3.99. The summed E-state index contributed by atoms with van der Waals surface area (Å²) in [6.45, 7) is 12.1. The van der Waals surface area contributed by atoms with E-state index in [0.29, 0.717) is 10.7 Å². The van der Waals surface area contributed by atoms with Crippen LogP contribution in [0.4, 0.5) is 10.5 Å². The van der Waals surface area contributed by atoms with Crippen LogP contribution in [0, 0.1) is 0 Å². The second-order valence-electron chi connectivity index (χ2n) is 7.60. The van der Waals surface area contributed by atoms with Crippen LogP contribution in [0.15, 0.2) is 54.2 Å². The van der Waals surface area contributed by atoms with E-state index in [-0.39, 0.29) is 17.1 Å². The van der Waals surface area contributed by atoms with Gasteiger partial charge in [0.2, 0.25) is 0 Å². The van der Waals surface area contributed by atoms with Gasteiger partial charge in [-0.15, -0.1) is 11.3 Å². The Morgan fingerprint density at radius 3 is 2.21 bits per heavy atom. The first-order valence-electron chi connectivity index (χ1n) is 9.54. The Morgan fingerprint density at radius 1 is 1.00 bits per heavy atom. The highest BCUT2D eigenvalue weighted by Gasteiger charge is 2.19. The first kappa shape index (κ1) is 25.3. The van der Waals surface area contributed by atoms with Crippen molar-refractivity contribution in [2.75, 3.05) is 12.4 Å². The van der Waals surface area contributed by atoms with Gasteiger partial charge in [0.15, 0.2) is 0 Å². The van der Waals surface area contributed by atoms with Crippen molar-refractivity contribution >= 4 is 40.9 Å². The van der Waals surface area contributed by atoms with Crippen molar-refractivity contribution in [1.82, 2.24) is 15.6 Å². The second kappa shape index (κ2) is 10.6. The normalized spacial score (nSPS) is 10.5. The smallest absolute Gasteiger partial charge is 0.412 e. The summed E-state index contributed by atoms with van der Waals surface area (Å²) in [5, 5.41) is 9.20. The fraction of sp³-hybridized carbons (Fsp3) is 0.227. The van der Waals surface area contributed by atoms with Gasteiger partial charge in [-0.25, -0.2) is 14.6 Å². The van der Waals surface area contributed by atoms with E-state index < -0.39 is 29.5 Å². The molecular formula is C22H24N4O6S. The summed E-state index contributed by atoms with van der Waals surface area (Å²) in [6, 6.07) is 6.83. The lowest BCUT2D eigenvalue weighted by Gasteiger charge is -2.19. The molecule has 11 heteroatoms. The third kappa shape index (κ3) is 7.58. The van der Waals surface area contributed by atoms with Crippen molar-refractivity contribution in [2.24, 2.45) is 0 Å². The van der Waals surface area contributed by atoms with Gasteiger partial charge >= 0.3 is 12.1 Å². The standard InChI is InChI=1S/C22H24N4O6S/c1-12(17(27)24-13(2)20(29)31-6)23-18(28)16-11-33-19(26-16)14-7-9-15(10-8-14)25-21(30)32-22(3,4)5/h7-11H,1-2H2,3-6H3,(H,23,28)(H,24,27)(H,25,30). The third-order valence-corrected chi connectivity index (χ3v) is 4.64. The number of hydrogen-bond acceptors (Lipinski definition) is 8. The topological polar surface area (TPSA) is 136 Å². The van der Waals surface area contributed by atoms with Gasteiger partial charge in [-0.3, -0.25) is 14.9 Å². The van der Waals surface area contributed by atoms with Crippen LogP contribution < -0.4 is 16.0 Å². The average molecular weight is 473 g/mol. The number of rotatable bonds is 7. The first-order chi connectivity index (χ1) is 15.4. The maximum absolute atomic E-state index is 12.4. The molecule has 0 spiro atoms. The molecule has 0 unspecified atom stereocenters. The second-order valence-corrected chi connectivity index (χ2v) is 8.46. The monoisotopic (exact) mass is 472 g/mol. The summed E-state index contributed by atoms with van der Waals surface area (Å²) >= 11 is 1.22. The van der Waals surface area contributed by atoms with Crippen molar-refractivity contribution in [2.45, 2.75) is 26.4 Å². The first-order valence-corrected chi connectivity index (χ1v) is 10.4. The zero-order chi connectivity index (χ0) is 24.8. The summed E-state index contributed by atoms with van der Waals surface area (Å²) < 4.78 is 9.63. The molecular weight excluding hydrogens is 448 g/mol. The summed E-state index contributed by atoms with van der Waals surface area (Å²) in [6.07, 6.45) is -0.567. The fourth-order valence-electron chi connectivity index (χ4n) is 2.27. The number of aromatic nitrogens is 1. The van der Waals surface area contributed by atoms with E-state index >= 15 is 0 Å². The molecule has 0 radical (unpaired) electrons. The van der Waals surface area contributed by atoms with Crippen molar-refractivity contribution < 1.29 is 28.7 Å². The molecule has 0 atom stereocenters. The molecule has 1 aromatic carbocycles. The molecule has 1 heterocycles. The predicted molar refractivity (Wildman–Crippen MR) is 123 cm³/mol. The third-order valence-electron chi connectivity index (χ3n) is 3.75. The lowest BCUT2D eigenvalue weighted by Crippen LogP contribution is -2.35. The minimum Gasteiger partial charge on any atom is -0.464 e. The molecule has 3 N–H and O–H groups in total. The van der Waals surface area contributed by atoms with Gasteiger partial charge in [0.05, 0.1) is 12.8 Å². The highest BCUT2D eigenvalue weighted by Crippen LogP contribution is 2.25.